The molecule has 0 aromatic rings. The van der Waals surface area contributed by atoms with Gasteiger partial charge in [-0.25, -0.2) is 0 Å². The smallest absolute Gasteiger partial charge is 0.253 e. The molecule has 2 aliphatic rings. The van der Waals surface area contributed by atoms with E-state index >= 15 is 0 Å². The monoisotopic (exact) mass is 369 g/mol. The molecule has 0 radical (unpaired) electrons. The van der Waals surface area contributed by atoms with Crippen molar-refractivity contribution in [2.75, 3.05) is 52.9 Å². The van der Waals surface area contributed by atoms with Crippen LogP contribution in [0, 0.1) is 5.92 Å². The van der Waals surface area contributed by atoms with Gasteiger partial charge in [0.1, 0.15) is 6.10 Å². The number of unbranched alkanes of at least 4 members (excludes halogenated alkanes) is 1. The highest BCUT2D eigenvalue weighted by Crippen LogP contribution is 2.19. The fraction of sp³-hybridized carbons (Fsp3) is 0.938. The molecule has 7 heteroatoms. The van der Waals surface area contributed by atoms with E-state index in [1.54, 1.807) is 0 Å². The van der Waals surface area contributed by atoms with Crippen LogP contribution in [-0.2, 0) is 9.53 Å². The molecule has 2 heterocycles. The van der Waals surface area contributed by atoms with Crippen LogP contribution in [0.4, 0.5) is 0 Å². The van der Waals surface area contributed by atoms with Crippen LogP contribution < -0.4 is 5.32 Å². The number of hydrogen-bond acceptors (Lipinski definition) is 4. The number of carbonyl (C=O) groups is 1. The van der Waals surface area contributed by atoms with E-state index in [1.165, 1.54) is 25.9 Å². The third-order valence-electron chi connectivity index (χ3n) is 4.59. The highest BCUT2D eigenvalue weighted by Gasteiger charge is 2.30. The SMILES string of the molecule is CCCCN(C)CC1CCN(C(=O)C2CNCCO2)CC1.Cl.Cl. The number of halogens is 2. The van der Waals surface area contributed by atoms with Crippen molar-refractivity contribution in [3.05, 3.63) is 0 Å². The van der Waals surface area contributed by atoms with Crippen LogP contribution in [0.5, 0.6) is 0 Å². The summed E-state index contributed by atoms with van der Waals surface area (Å²) in [5.41, 5.74) is 0. The first-order chi connectivity index (χ1) is 10.2. The second-order valence-corrected chi connectivity index (χ2v) is 6.45. The molecule has 1 N–H and O–H groups in total. The van der Waals surface area contributed by atoms with Crippen molar-refractivity contribution in [1.29, 1.82) is 0 Å². The van der Waals surface area contributed by atoms with E-state index in [4.69, 9.17) is 4.74 Å². The summed E-state index contributed by atoms with van der Waals surface area (Å²) < 4.78 is 5.57. The van der Waals surface area contributed by atoms with Crippen molar-refractivity contribution in [1.82, 2.24) is 15.1 Å². The van der Waals surface area contributed by atoms with E-state index in [1.807, 2.05) is 4.90 Å². The summed E-state index contributed by atoms with van der Waals surface area (Å²) in [5, 5.41) is 3.23. The number of ether oxygens (including phenoxy) is 1. The molecule has 2 aliphatic heterocycles. The van der Waals surface area contributed by atoms with Gasteiger partial charge in [-0.05, 0) is 38.8 Å². The van der Waals surface area contributed by atoms with Crippen molar-refractivity contribution in [2.45, 2.75) is 38.7 Å². The standard InChI is InChI=1S/C16H31N3O2.2ClH/c1-3-4-8-18(2)13-14-5-9-19(10-6-14)16(20)15-12-17-7-11-21-15;;/h14-15,17H,3-13H2,1-2H3;2*1H. The number of carbonyl (C=O) groups excluding carboxylic acids is 1. The Kier molecular flexibility index (Phi) is 12.3. The second kappa shape index (κ2) is 12.3. The lowest BCUT2D eigenvalue weighted by molar-refractivity contribution is -0.146. The molecule has 0 bridgehead atoms. The van der Waals surface area contributed by atoms with Gasteiger partial charge in [0.05, 0.1) is 6.61 Å². The Balaban J connectivity index is 0.00000242. The van der Waals surface area contributed by atoms with Gasteiger partial charge in [-0.2, -0.15) is 0 Å². The minimum Gasteiger partial charge on any atom is -0.366 e. The third-order valence-corrected chi connectivity index (χ3v) is 4.59. The van der Waals surface area contributed by atoms with Crippen LogP contribution >= 0.6 is 24.8 Å². The lowest BCUT2D eigenvalue weighted by atomic mass is 9.96. The molecule has 1 atom stereocenters. The summed E-state index contributed by atoms with van der Waals surface area (Å²) in [6.45, 7) is 8.56. The van der Waals surface area contributed by atoms with Crippen molar-refractivity contribution in [3.63, 3.8) is 0 Å². The molecule has 0 spiro atoms. The van der Waals surface area contributed by atoms with E-state index in [2.05, 4.69) is 24.2 Å². The number of nitrogens with zero attached hydrogens (tertiary/aromatic N) is 2. The molecule has 2 saturated heterocycles. The van der Waals surface area contributed by atoms with Gasteiger partial charge in [-0.1, -0.05) is 13.3 Å². The topological polar surface area (TPSA) is 44.8 Å². The minimum absolute atomic E-state index is 0. The lowest BCUT2D eigenvalue weighted by Crippen LogP contribution is -2.51. The van der Waals surface area contributed by atoms with Gasteiger partial charge < -0.3 is 19.9 Å². The molecule has 0 saturated carbocycles. The molecule has 0 aromatic heterocycles. The van der Waals surface area contributed by atoms with E-state index in [9.17, 15) is 4.79 Å². The van der Waals surface area contributed by atoms with Crippen molar-refractivity contribution in [2.24, 2.45) is 5.92 Å². The van der Waals surface area contributed by atoms with Crippen molar-refractivity contribution in [3.8, 4) is 0 Å². The Hall–Kier alpha value is -0.0700. The molecule has 138 valence electrons. The largest absolute Gasteiger partial charge is 0.366 e. The highest BCUT2D eigenvalue weighted by atomic mass is 35.5. The van der Waals surface area contributed by atoms with Gasteiger partial charge in [-0.15, -0.1) is 24.8 Å². The predicted octanol–water partition coefficient (Wildman–Crippen LogP) is 1.79. The zero-order chi connectivity index (χ0) is 15.1. The molecule has 1 unspecified atom stereocenters. The van der Waals surface area contributed by atoms with Gasteiger partial charge in [0.25, 0.3) is 5.91 Å². The molecule has 23 heavy (non-hydrogen) atoms. The Bertz CT molecular complexity index is 320. The van der Waals surface area contributed by atoms with Crippen LogP contribution in [0.25, 0.3) is 0 Å². The molecule has 0 aromatic carbocycles. The van der Waals surface area contributed by atoms with Gasteiger partial charge in [0, 0.05) is 32.7 Å². The third kappa shape index (κ3) is 7.57. The molecular formula is C16H33Cl2N3O2. The van der Waals surface area contributed by atoms with Crippen molar-refractivity contribution >= 4 is 30.7 Å². The number of piperidine rings is 1. The lowest BCUT2D eigenvalue weighted by Gasteiger charge is -2.36. The van der Waals surface area contributed by atoms with Crippen molar-refractivity contribution < 1.29 is 9.53 Å². The zero-order valence-corrected chi connectivity index (χ0v) is 16.1. The summed E-state index contributed by atoms with van der Waals surface area (Å²) >= 11 is 0. The average Bonchev–Trinajstić information content (AvgIpc) is 2.54. The van der Waals surface area contributed by atoms with Gasteiger partial charge in [0.15, 0.2) is 0 Å². The van der Waals surface area contributed by atoms with Crippen LogP contribution in [-0.4, -0.2) is 74.7 Å². The number of morpholine rings is 1. The summed E-state index contributed by atoms with van der Waals surface area (Å²) in [4.78, 5) is 16.8. The van der Waals surface area contributed by atoms with E-state index < -0.39 is 0 Å². The van der Waals surface area contributed by atoms with Gasteiger partial charge in [0.2, 0.25) is 0 Å². The van der Waals surface area contributed by atoms with Crippen LogP contribution in [0.2, 0.25) is 0 Å². The maximum Gasteiger partial charge on any atom is 0.253 e. The number of likely N-dealkylation sites (tertiary alicyclic amines) is 1. The number of nitrogens with one attached hydrogen (secondary N) is 1. The first kappa shape index (κ1) is 22.9. The quantitative estimate of drug-likeness (QED) is 0.774. The fourth-order valence-electron chi connectivity index (χ4n) is 3.22. The summed E-state index contributed by atoms with van der Waals surface area (Å²) in [6, 6.07) is 0. The van der Waals surface area contributed by atoms with Crippen LogP contribution in [0.15, 0.2) is 0 Å². The Labute approximate surface area is 153 Å². The maximum absolute atomic E-state index is 12.4. The normalized spacial score (nSPS) is 22.4. The van der Waals surface area contributed by atoms with Gasteiger partial charge in [-0.3, -0.25) is 4.79 Å². The Morgan fingerprint density at radius 3 is 2.57 bits per heavy atom. The van der Waals surface area contributed by atoms with Crippen LogP contribution in [0.1, 0.15) is 32.6 Å². The number of amides is 1. The first-order valence-electron chi connectivity index (χ1n) is 8.50. The molecule has 2 rings (SSSR count). The summed E-state index contributed by atoms with van der Waals surface area (Å²) in [7, 11) is 2.22. The number of rotatable bonds is 6. The molecule has 1 amide bonds. The number of hydrogen-bond donors (Lipinski definition) is 1. The molecular weight excluding hydrogens is 337 g/mol. The maximum atomic E-state index is 12.4. The average molecular weight is 370 g/mol. The summed E-state index contributed by atoms with van der Waals surface area (Å²) in [6.07, 6.45) is 4.53. The Morgan fingerprint density at radius 2 is 2.00 bits per heavy atom. The van der Waals surface area contributed by atoms with Gasteiger partial charge >= 0.3 is 0 Å². The first-order valence-corrected chi connectivity index (χ1v) is 8.50. The zero-order valence-electron chi connectivity index (χ0n) is 14.5. The Morgan fingerprint density at radius 1 is 1.30 bits per heavy atom. The fourth-order valence-corrected chi connectivity index (χ4v) is 3.22. The molecule has 2 fully saturated rings. The molecule has 0 aliphatic carbocycles. The second-order valence-electron chi connectivity index (χ2n) is 6.45. The highest BCUT2D eigenvalue weighted by molar-refractivity contribution is 5.85. The predicted molar refractivity (Wildman–Crippen MR) is 98.8 cm³/mol. The van der Waals surface area contributed by atoms with E-state index in [0.717, 1.165) is 38.4 Å². The minimum atomic E-state index is -0.262. The van der Waals surface area contributed by atoms with Crippen LogP contribution in [0.3, 0.4) is 0 Å². The molecule has 5 nitrogen and oxygen atoms in total. The van der Waals surface area contributed by atoms with E-state index in [0.29, 0.717) is 13.2 Å². The summed E-state index contributed by atoms with van der Waals surface area (Å²) in [5.74, 6) is 0.918. The van der Waals surface area contributed by atoms with E-state index in [-0.39, 0.29) is 36.8 Å².